The van der Waals surface area contributed by atoms with Crippen LogP contribution in [0.1, 0.15) is 60.8 Å². The first-order valence-corrected chi connectivity index (χ1v) is 9.66. The average Bonchev–Trinajstić information content (AvgIpc) is 3.08. The van der Waals surface area contributed by atoms with Crippen molar-refractivity contribution in [3.05, 3.63) is 89.0 Å². The number of benzene rings is 3. The zero-order chi connectivity index (χ0) is 17.1. The Hall–Kier alpha value is -2.34. The predicted molar refractivity (Wildman–Crippen MR) is 109 cm³/mol. The maximum absolute atomic E-state index is 2.39. The quantitative estimate of drug-likeness (QED) is 0.423. The van der Waals surface area contributed by atoms with E-state index >= 15 is 0 Å². The van der Waals surface area contributed by atoms with Gasteiger partial charge in [0.2, 0.25) is 0 Å². The van der Waals surface area contributed by atoms with Gasteiger partial charge in [-0.3, -0.25) is 0 Å². The topological polar surface area (TPSA) is 0 Å². The molecule has 126 valence electrons. The third-order valence-electron chi connectivity index (χ3n) is 5.47. The van der Waals surface area contributed by atoms with Gasteiger partial charge in [0, 0.05) is 5.92 Å². The van der Waals surface area contributed by atoms with Gasteiger partial charge in [-0.2, -0.15) is 0 Å². The van der Waals surface area contributed by atoms with Crippen LogP contribution in [0, 0.1) is 0 Å². The van der Waals surface area contributed by atoms with Crippen LogP contribution in [-0.2, 0) is 6.42 Å². The molecule has 4 rings (SSSR count). The summed E-state index contributed by atoms with van der Waals surface area (Å²) in [5, 5.41) is 2.77. The lowest BCUT2D eigenvalue weighted by atomic mass is 9.84. The lowest BCUT2D eigenvalue weighted by molar-refractivity contribution is 0.664. The molecule has 0 spiro atoms. The maximum atomic E-state index is 2.39. The summed E-state index contributed by atoms with van der Waals surface area (Å²) >= 11 is 0. The predicted octanol–water partition coefficient (Wildman–Crippen LogP) is 7.12. The van der Waals surface area contributed by atoms with Crippen LogP contribution in [0.3, 0.4) is 0 Å². The number of allylic oxidation sites excluding steroid dienone is 1. The second-order valence-corrected chi connectivity index (χ2v) is 7.14. The van der Waals surface area contributed by atoms with Gasteiger partial charge in [0.25, 0.3) is 0 Å². The number of rotatable bonds is 6. The smallest absolute Gasteiger partial charge is 0.0287 e. The molecule has 0 heterocycles. The Balaban J connectivity index is 1.79. The second kappa shape index (κ2) is 7.27. The van der Waals surface area contributed by atoms with E-state index in [1.54, 1.807) is 0 Å². The SMILES string of the molecule is CCCCCCc1ccc2ccccc2c1C1C=Cc2ccccc21. The van der Waals surface area contributed by atoms with Crippen molar-refractivity contribution < 1.29 is 0 Å². The van der Waals surface area contributed by atoms with E-state index in [1.165, 1.54) is 65.1 Å². The number of hydrogen-bond acceptors (Lipinski definition) is 0. The molecule has 3 aromatic carbocycles. The van der Waals surface area contributed by atoms with Gasteiger partial charge < -0.3 is 0 Å². The van der Waals surface area contributed by atoms with Gasteiger partial charge in [0.1, 0.15) is 0 Å². The van der Waals surface area contributed by atoms with Crippen LogP contribution >= 0.6 is 0 Å². The van der Waals surface area contributed by atoms with Gasteiger partial charge in [-0.15, -0.1) is 0 Å². The molecular weight excluding hydrogens is 300 g/mol. The monoisotopic (exact) mass is 326 g/mol. The van der Waals surface area contributed by atoms with Crippen LogP contribution in [0.25, 0.3) is 16.8 Å². The van der Waals surface area contributed by atoms with E-state index in [0.717, 1.165) is 0 Å². The zero-order valence-corrected chi connectivity index (χ0v) is 15.0. The van der Waals surface area contributed by atoms with Crippen LogP contribution < -0.4 is 0 Å². The second-order valence-electron chi connectivity index (χ2n) is 7.14. The Bertz CT molecular complexity index is 901. The Morgan fingerprint density at radius 2 is 1.64 bits per heavy atom. The Labute approximate surface area is 151 Å². The average molecular weight is 326 g/mol. The molecule has 0 fully saturated rings. The Morgan fingerprint density at radius 1 is 0.800 bits per heavy atom. The minimum atomic E-state index is 0.392. The highest BCUT2D eigenvalue weighted by Gasteiger charge is 2.22. The molecule has 0 N–H and O–H groups in total. The molecule has 0 aliphatic heterocycles. The van der Waals surface area contributed by atoms with Crippen molar-refractivity contribution in [3.63, 3.8) is 0 Å². The Morgan fingerprint density at radius 3 is 2.56 bits per heavy atom. The Kier molecular flexibility index (Phi) is 4.70. The van der Waals surface area contributed by atoms with Crippen LogP contribution in [0.4, 0.5) is 0 Å². The number of fused-ring (bicyclic) bond motifs is 2. The summed E-state index contributed by atoms with van der Waals surface area (Å²) in [6, 6.07) is 22.4. The summed E-state index contributed by atoms with van der Waals surface area (Å²) in [5.41, 5.74) is 5.88. The van der Waals surface area contributed by atoms with E-state index < -0.39 is 0 Å². The summed E-state index contributed by atoms with van der Waals surface area (Å²) < 4.78 is 0. The van der Waals surface area contributed by atoms with Crippen LogP contribution in [-0.4, -0.2) is 0 Å². The van der Waals surface area contributed by atoms with Crippen LogP contribution in [0.2, 0.25) is 0 Å². The minimum Gasteiger partial charge on any atom is -0.0720 e. The van der Waals surface area contributed by atoms with E-state index in [4.69, 9.17) is 0 Å². The van der Waals surface area contributed by atoms with Crippen molar-refractivity contribution in [3.8, 4) is 0 Å². The molecule has 3 aromatic rings. The number of hydrogen-bond donors (Lipinski definition) is 0. The highest BCUT2D eigenvalue weighted by atomic mass is 14.3. The zero-order valence-electron chi connectivity index (χ0n) is 15.0. The maximum Gasteiger partial charge on any atom is 0.0287 e. The van der Waals surface area contributed by atoms with Crippen molar-refractivity contribution >= 4 is 16.8 Å². The highest BCUT2D eigenvalue weighted by Crippen LogP contribution is 2.40. The van der Waals surface area contributed by atoms with E-state index in [0.29, 0.717) is 5.92 Å². The van der Waals surface area contributed by atoms with Crippen molar-refractivity contribution in [2.24, 2.45) is 0 Å². The molecule has 1 aliphatic carbocycles. The molecule has 0 saturated carbocycles. The van der Waals surface area contributed by atoms with Crippen molar-refractivity contribution in [2.75, 3.05) is 0 Å². The fourth-order valence-electron chi connectivity index (χ4n) is 4.17. The minimum absolute atomic E-state index is 0.392. The summed E-state index contributed by atoms with van der Waals surface area (Å²) in [4.78, 5) is 0. The molecule has 1 atom stereocenters. The van der Waals surface area contributed by atoms with Gasteiger partial charge in [-0.05, 0) is 45.9 Å². The molecule has 1 unspecified atom stereocenters. The third kappa shape index (κ3) is 3.14. The first-order chi connectivity index (χ1) is 12.4. The molecule has 1 aliphatic rings. The molecule has 25 heavy (non-hydrogen) atoms. The summed E-state index contributed by atoms with van der Waals surface area (Å²) in [6.45, 7) is 2.28. The molecule has 0 radical (unpaired) electrons. The van der Waals surface area contributed by atoms with Crippen molar-refractivity contribution in [1.82, 2.24) is 0 Å². The first-order valence-electron chi connectivity index (χ1n) is 9.66. The van der Waals surface area contributed by atoms with Gasteiger partial charge in [-0.1, -0.05) is 99.0 Å². The molecule has 0 amide bonds. The first kappa shape index (κ1) is 16.1. The van der Waals surface area contributed by atoms with E-state index in [9.17, 15) is 0 Å². The lowest BCUT2D eigenvalue weighted by Crippen LogP contribution is -2.03. The molecule has 0 heteroatoms. The van der Waals surface area contributed by atoms with E-state index in [-0.39, 0.29) is 0 Å². The van der Waals surface area contributed by atoms with E-state index in [1.807, 2.05) is 0 Å². The summed E-state index contributed by atoms with van der Waals surface area (Å²) in [7, 11) is 0. The van der Waals surface area contributed by atoms with Crippen LogP contribution in [0.5, 0.6) is 0 Å². The fraction of sp³-hybridized carbons (Fsp3) is 0.280. The van der Waals surface area contributed by atoms with Crippen molar-refractivity contribution in [2.45, 2.75) is 44.9 Å². The normalized spacial score (nSPS) is 15.6. The molecule has 0 saturated heterocycles. The van der Waals surface area contributed by atoms with Crippen LogP contribution in [0.15, 0.2) is 66.7 Å². The fourth-order valence-corrected chi connectivity index (χ4v) is 4.17. The molecule has 0 aromatic heterocycles. The summed E-state index contributed by atoms with van der Waals surface area (Å²) in [6.07, 6.45) is 11.1. The number of aryl methyl sites for hydroxylation is 1. The van der Waals surface area contributed by atoms with E-state index in [2.05, 4.69) is 79.7 Å². The molecule has 0 bridgehead atoms. The standard InChI is InChI=1S/C25H26/c1-2-3-4-5-12-21-16-15-20-11-7-9-14-23(20)25(21)24-18-17-19-10-6-8-13-22(19)24/h6-11,13-18,24H,2-5,12H2,1H3. The molecule has 0 nitrogen and oxygen atoms in total. The highest BCUT2D eigenvalue weighted by molar-refractivity contribution is 5.89. The molecular formula is C25H26. The van der Waals surface area contributed by atoms with Gasteiger partial charge in [0.05, 0.1) is 0 Å². The third-order valence-corrected chi connectivity index (χ3v) is 5.47. The largest absolute Gasteiger partial charge is 0.0720 e. The van der Waals surface area contributed by atoms with Crippen molar-refractivity contribution in [1.29, 1.82) is 0 Å². The lowest BCUT2D eigenvalue weighted by Gasteiger charge is -2.19. The van der Waals surface area contributed by atoms with Gasteiger partial charge in [0.15, 0.2) is 0 Å². The van der Waals surface area contributed by atoms with Gasteiger partial charge >= 0.3 is 0 Å². The number of unbranched alkanes of at least 4 members (excludes halogenated alkanes) is 3. The summed E-state index contributed by atoms with van der Waals surface area (Å²) in [5.74, 6) is 0.392. The van der Waals surface area contributed by atoms with Gasteiger partial charge in [-0.25, -0.2) is 0 Å².